The molecule has 6 nitrogen and oxygen atoms in total. The van der Waals surface area contributed by atoms with Crippen LogP contribution in [0.3, 0.4) is 0 Å². The summed E-state index contributed by atoms with van der Waals surface area (Å²) >= 11 is 0. The van der Waals surface area contributed by atoms with Crippen LogP contribution in [0, 0.1) is 5.82 Å². The second kappa shape index (κ2) is 8.59. The maximum absolute atomic E-state index is 13.4. The zero-order valence-electron chi connectivity index (χ0n) is 13.7. The van der Waals surface area contributed by atoms with Gasteiger partial charge in [-0.15, -0.1) is 0 Å². The van der Waals surface area contributed by atoms with Gasteiger partial charge in [0.05, 0.1) is 17.9 Å². The molecule has 2 rings (SSSR count). The smallest absolute Gasteiger partial charge is 0.240 e. The molecule has 0 saturated heterocycles. The van der Waals surface area contributed by atoms with E-state index in [9.17, 15) is 17.6 Å². The van der Waals surface area contributed by atoms with E-state index in [-0.39, 0.29) is 36.1 Å². The fourth-order valence-electron chi connectivity index (χ4n) is 2.01. The van der Waals surface area contributed by atoms with Gasteiger partial charge < -0.3 is 10.1 Å². The molecule has 0 fully saturated rings. The lowest BCUT2D eigenvalue weighted by Crippen LogP contribution is -2.24. The number of para-hydroxylation sites is 1. The monoisotopic (exact) mass is 366 g/mol. The molecule has 0 unspecified atom stereocenters. The van der Waals surface area contributed by atoms with Crippen LogP contribution < -0.4 is 14.8 Å². The number of hydrogen-bond acceptors (Lipinski definition) is 4. The Morgan fingerprint density at radius 1 is 1.12 bits per heavy atom. The third-order valence-corrected chi connectivity index (χ3v) is 4.85. The Hall–Kier alpha value is -2.45. The minimum atomic E-state index is -3.47. The number of sulfonamides is 1. The Bertz CT molecular complexity index is 823. The van der Waals surface area contributed by atoms with E-state index in [1.165, 1.54) is 31.3 Å². The van der Waals surface area contributed by atoms with E-state index in [0.29, 0.717) is 0 Å². The van der Waals surface area contributed by atoms with Gasteiger partial charge in [-0.3, -0.25) is 4.79 Å². The van der Waals surface area contributed by atoms with Crippen molar-refractivity contribution in [2.75, 3.05) is 13.7 Å². The molecule has 0 spiro atoms. The highest BCUT2D eigenvalue weighted by Crippen LogP contribution is 2.15. The molecule has 1 amide bonds. The molecule has 0 aliphatic heterocycles. The van der Waals surface area contributed by atoms with Gasteiger partial charge in [0.1, 0.15) is 0 Å². The number of carbonyl (C=O) groups excluding carboxylic acids is 1. The van der Waals surface area contributed by atoms with Crippen molar-refractivity contribution >= 4 is 15.9 Å². The molecule has 134 valence electrons. The number of halogens is 1. The number of rotatable bonds is 8. The highest BCUT2D eigenvalue weighted by molar-refractivity contribution is 7.89. The maximum Gasteiger partial charge on any atom is 0.240 e. The molecule has 25 heavy (non-hydrogen) atoms. The first-order valence-electron chi connectivity index (χ1n) is 7.59. The van der Waals surface area contributed by atoms with E-state index >= 15 is 0 Å². The molecule has 0 aliphatic carbocycles. The summed E-state index contributed by atoms with van der Waals surface area (Å²) in [6, 6.07) is 12.2. The van der Waals surface area contributed by atoms with Gasteiger partial charge in [0.25, 0.3) is 0 Å². The Balaban J connectivity index is 1.77. The SMILES string of the molecule is CNS(=O)(=O)c1ccc(CNC(=O)CCOc2ccccc2F)cc1. The van der Waals surface area contributed by atoms with Gasteiger partial charge in [0.15, 0.2) is 11.6 Å². The van der Waals surface area contributed by atoms with Crippen LogP contribution in [-0.2, 0) is 21.4 Å². The van der Waals surface area contributed by atoms with Crippen LogP contribution in [0.1, 0.15) is 12.0 Å². The van der Waals surface area contributed by atoms with Crippen LogP contribution in [0.5, 0.6) is 5.75 Å². The van der Waals surface area contributed by atoms with Gasteiger partial charge in [-0.25, -0.2) is 17.5 Å². The largest absolute Gasteiger partial charge is 0.490 e. The molecular weight excluding hydrogens is 347 g/mol. The first-order valence-corrected chi connectivity index (χ1v) is 9.07. The Morgan fingerprint density at radius 3 is 2.44 bits per heavy atom. The van der Waals surface area contributed by atoms with Crippen LogP contribution in [0.15, 0.2) is 53.4 Å². The number of hydrogen-bond donors (Lipinski definition) is 2. The van der Waals surface area contributed by atoms with E-state index in [0.717, 1.165) is 5.56 Å². The van der Waals surface area contributed by atoms with Crippen LogP contribution in [0.2, 0.25) is 0 Å². The summed E-state index contributed by atoms with van der Waals surface area (Å²) < 4.78 is 44.0. The number of amides is 1. The number of carbonyl (C=O) groups is 1. The van der Waals surface area contributed by atoms with E-state index in [4.69, 9.17) is 4.74 Å². The average Bonchev–Trinajstić information content (AvgIpc) is 2.62. The summed E-state index contributed by atoms with van der Waals surface area (Å²) in [5, 5.41) is 2.69. The Morgan fingerprint density at radius 2 is 1.80 bits per heavy atom. The number of ether oxygens (including phenoxy) is 1. The van der Waals surface area contributed by atoms with Crippen LogP contribution in [0.4, 0.5) is 4.39 Å². The van der Waals surface area contributed by atoms with Gasteiger partial charge in [-0.2, -0.15) is 0 Å². The fourth-order valence-corrected chi connectivity index (χ4v) is 2.74. The summed E-state index contributed by atoms with van der Waals surface area (Å²) in [5.74, 6) is -0.612. The van der Waals surface area contributed by atoms with Crippen LogP contribution in [0.25, 0.3) is 0 Å². The van der Waals surface area contributed by atoms with Crippen molar-refractivity contribution in [1.82, 2.24) is 10.0 Å². The van der Waals surface area contributed by atoms with E-state index in [2.05, 4.69) is 10.0 Å². The molecule has 0 radical (unpaired) electrons. The van der Waals surface area contributed by atoms with Crippen molar-refractivity contribution in [3.05, 3.63) is 59.9 Å². The van der Waals surface area contributed by atoms with Gasteiger partial charge in [0, 0.05) is 6.54 Å². The lowest BCUT2D eigenvalue weighted by atomic mass is 10.2. The summed E-state index contributed by atoms with van der Waals surface area (Å²) in [4.78, 5) is 11.9. The predicted octanol–water partition coefficient (Wildman–Crippen LogP) is 1.82. The topological polar surface area (TPSA) is 84.5 Å². The van der Waals surface area contributed by atoms with Gasteiger partial charge in [-0.05, 0) is 36.9 Å². The van der Waals surface area contributed by atoms with E-state index in [1.54, 1.807) is 24.3 Å². The van der Waals surface area contributed by atoms with Crippen LogP contribution >= 0.6 is 0 Å². The maximum atomic E-state index is 13.4. The molecule has 0 heterocycles. The van der Waals surface area contributed by atoms with E-state index < -0.39 is 15.8 Å². The predicted molar refractivity (Wildman–Crippen MR) is 91.0 cm³/mol. The molecule has 2 aromatic carbocycles. The highest BCUT2D eigenvalue weighted by Gasteiger charge is 2.10. The summed E-state index contributed by atoms with van der Waals surface area (Å²) in [7, 11) is -2.13. The molecule has 0 aromatic heterocycles. The third-order valence-electron chi connectivity index (χ3n) is 3.42. The second-order valence-electron chi connectivity index (χ2n) is 5.16. The lowest BCUT2D eigenvalue weighted by Gasteiger charge is -2.08. The lowest BCUT2D eigenvalue weighted by molar-refractivity contribution is -0.121. The first kappa shape index (κ1) is 18.9. The molecule has 2 aromatic rings. The van der Waals surface area contributed by atoms with Crippen molar-refractivity contribution in [2.45, 2.75) is 17.9 Å². The summed E-state index contributed by atoms with van der Waals surface area (Å²) in [6.07, 6.45) is 0.0839. The third kappa shape index (κ3) is 5.54. The number of benzene rings is 2. The molecular formula is C17H19FN2O4S. The summed E-state index contributed by atoms with van der Waals surface area (Å²) in [6.45, 7) is 0.324. The standard InChI is InChI=1S/C17H19FN2O4S/c1-19-25(22,23)14-8-6-13(7-9-14)12-20-17(21)10-11-24-16-5-3-2-4-15(16)18/h2-9,19H,10-12H2,1H3,(H,20,21). The normalized spacial score (nSPS) is 11.1. The zero-order valence-corrected chi connectivity index (χ0v) is 14.5. The van der Waals surface area contributed by atoms with Crippen molar-refractivity contribution < 1.29 is 22.3 Å². The number of nitrogens with one attached hydrogen (secondary N) is 2. The van der Waals surface area contributed by atoms with Gasteiger partial charge in [0.2, 0.25) is 15.9 Å². The summed E-state index contributed by atoms with van der Waals surface area (Å²) in [5.41, 5.74) is 0.762. The zero-order chi connectivity index (χ0) is 18.3. The van der Waals surface area contributed by atoms with E-state index in [1.807, 2.05) is 0 Å². The molecule has 0 bridgehead atoms. The second-order valence-corrected chi connectivity index (χ2v) is 7.04. The fraction of sp³-hybridized carbons (Fsp3) is 0.235. The van der Waals surface area contributed by atoms with Crippen LogP contribution in [-0.4, -0.2) is 28.0 Å². The van der Waals surface area contributed by atoms with Crippen molar-refractivity contribution in [2.24, 2.45) is 0 Å². The van der Waals surface area contributed by atoms with Gasteiger partial charge >= 0.3 is 0 Å². The molecule has 2 N–H and O–H groups in total. The molecule has 0 atom stereocenters. The average molecular weight is 366 g/mol. The Kier molecular flexibility index (Phi) is 6.49. The molecule has 8 heteroatoms. The highest BCUT2D eigenvalue weighted by atomic mass is 32.2. The van der Waals surface area contributed by atoms with Crippen molar-refractivity contribution in [3.63, 3.8) is 0 Å². The van der Waals surface area contributed by atoms with Crippen molar-refractivity contribution in [1.29, 1.82) is 0 Å². The van der Waals surface area contributed by atoms with Gasteiger partial charge in [-0.1, -0.05) is 24.3 Å². The Labute approximate surface area is 146 Å². The first-order chi connectivity index (χ1) is 11.9. The molecule has 0 aliphatic rings. The molecule has 0 saturated carbocycles. The minimum Gasteiger partial charge on any atom is -0.490 e. The minimum absolute atomic E-state index is 0.0616. The van der Waals surface area contributed by atoms with Crippen molar-refractivity contribution in [3.8, 4) is 5.75 Å². The quantitative estimate of drug-likeness (QED) is 0.746.